The molecule has 0 saturated carbocycles. The number of pyridine rings is 1. The van der Waals surface area contributed by atoms with Crippen LogP contribution in [0.15, 0.2) is 12.1 Å². The molecule has 0 atom stereocenters. The molecule has 1 fully saturated rings. The van der Waals surface area contributed by atoms with Crippen molar-refractivity contribution in [3.8, 4) is 0 Å². The molecule has 2 heterocycles. The van der Waals surface area contributed by atoms with Gasteiger partial charge in [0.1, 0.15) is 11.5 Å². The van der Waals surface area contributed by atoms with Gasteiger partial charge in [-0.05, 0) is 31.4 Å². The second-order valence-corrected chi connectivity index (χ2v) is 3.84. The van der Waals surface area contributed by atoms with E-state index in [-0.39, 0.29) is 0 Å². The number of rotatable bonds is 1. The first kappa shape index (κ1) is 11.2. The zero-order valence-corrected chi connectivity index (χ0v) is 8.72. The van der Waals surface area contributed by atoms with E-state index >= 15 is 0 Å². The van der Waals surface area contributed by atoms with Gasteiger partial charge in [0.2, 0.25) is 0 Å². The normalized spacial score (nSPS) is 17.6. The number of anilines is 1. The van der Waals surface area contributed by atoms with Crippen molar-refractivity contribution in [3.05, 3.63) is 23.9 Å². The molecular weight excluding hydrogens is 217 g/mol. The minimum Gasteiger partial charge on any atom is -0.356 e. The summed E-state index contributed by atoms with van der Waals surface area (Å²) in [6.07, 6.45) is -1.23. The first-order valence-corrected chi connectivity index (χ1v) is 5.28. The number of hydrogen-bond acceptors (Lipinski definition) is 2. The van der Waals surface area contributed by atoms with Gasteiger partial charge >= 0.3 is 6.18 Å². The minimum atomic E-state index is -4.38. The summed E-state index contributed by atoms with van der Waals surface area (Å²) in [5.41, 5.74) is -0.841. The molecule has 0 N–H and O–H groups in total. The van der Waals surface area contributed by atoms with Gasteiger partial charge in [-0.15, -0.1) is 0 Å². The maximum atomic E-state index is 12.4. The summed E-state index contributed by atoms with van der Waals surface area (Å²) < 4.78 is 37.3. The van der Waals surface area contributed by atoms with E-state index in [0.717, 1.165) is 38.4 Å². The van der Waals surface area contributed by atoms with E-state index in [1.807, 2.05) is 4.90 Å². The smallest absolute Gasteiger partial charge is 0.356 e. The summed E-state index contributed by atoms with van der Waals surface area (Å²) in [6.45, 7) is 1.54. The first-order valence-electron chi connectivity index (χ1n) is 5.28. The van der Waals surface area contributed by atoms with Crippen LogP contribution in [-0.2, 0) is 6.18 Å². The van der Waals surface area contributed by atoms with Gasteiger partial charge in [-0.2, -0.15) is 13.2 Å². The predicted octanol–water partition coefficient (Wildman–Crippen LogP) is 2.89. The van der Waals surface area contributed by atoms with E-state index in [1.54, 1.807) is 0 Å². The lowest BCUT2D eigenvalue weighted by Gasteiger charge is -2.27. The second kappa shape index (κ2) is 4.31. The predicted molar refractivity (Wildman–Crippen MR) is 54.1 cm³/mol. The molecule has 0 aromatic carbocycles. The summed E-state index contributed by atoms with van der Waals surface area (Å²) >= 11 is 0. The Labute approximate surface area is 92.1 Å². The van der Waals surface area contributed by atoms with E-state index in [4.69, 9.17) is 0 Å². The van der Waals surface area contributed by atoms with Crippen molar-refractivity contribution >= 4 is 5.82 Å². The maximum absolute atomic E-state index is 12.4. The Morgan fingerprint density at radius 1 is 1.19 bits per heavy atom. The van der Waals surface area contributed by atoms with E-state index in [2.05, 4.69) is 11.1 Å². The minimum absolute atomic E-state index is 0.314. The number of alkyl halides is 3. The molecule has 1 aromatic heterocycles. The average Bonchev–Trinajstić information content (AvgIpc) is 2.29. The Morgan fingerprint density at radius 3 is 2.50 bits per heavy atom. The quantitative estimate of drug-likeness (QED) is 0.736. The molecule has 2 nitrogen and oxygen atoms in total. The molecule has 87 valence electrons. The van der Waals surface area contributed by atoms with E-state index in [0.29, 0.717) is 5.82 Å². The van der Waals surface area contributed by atoms with Crippen LogP contribution >= 0.6 is 0 Å². The van der Waals surface area contributed by atoms with Crippen LogP contribution in [0.2, 0.25) is 0 Å². The van der Waals surface area contributed by atoms with Gasteiger partial charge in [0.15, 0.2) is 0 Å². The van der Waals surface area contributed by atoms with Crippen molar-refractivity contribution in [1.82, 2.24) is 4.98 Å². The highest BCUT2D eigenvalue weighted by atomic mass is 19.4. The molecule has 0 unspecified atom stereocenters. The molecular formula is C11H12F3N2. The lowest BCUT2D eigenvalue weighted by atomic mass is 10.1. The van der Waals surface area contributed by atoms with Gasteiger partial charge < -0.3 is 4.90 Å². The SMILES string of the molecule is FC(F)(F)c1cc[c]c(N2CCCCC2)n1. The topological polar surface area (TPSA) is 16.1 Å². The van der Waals surface area contributed by atoms with Crippen LogP contribution in [0.5, 0.6) is 0 Å². The summed E-state index contributed by atoms with van der Waals surface area (Å²) in [4.78, 5) is 5.47. The Balaban J connectivity index is 2.21. The number of piperidine rings is 1. The highest BCUT2D eigenvalue weighted by Crippen LogP contribution is 2.29. The fourth-order valence-electron chi connectivity index (χ4n) is 1.80. The zero-order chi connectivity index (χ0) is 11.6. The third-order valence-corrected chi connectivity index (χ3v) is 2.63. The van der Waals surface area contributed by atoms with Gasteiger partial charge in [-0.25, -0.2) is 4.98 Å². The molecule has 1 saturated heterocycles. The lowest BCUT2D eigenvalue weighted by Crippen LogP contribution is -2.30. The Bertz CT molecular complexity index is 356. The highest BCUT2D eigenvalue weighted by Gasteiger charge is 2.32. The fraction of sp³-hybridized carbons (Fsp3) is 0.545. The first-order chi connectivity index (χ1) is 7.57. The van der Waals surface area contributed by atoms with Crippen molar-refractivity contribution in [3.63, 3.8) is 0 Å². The van der Waals surface area contributed by atoms with Crippen LogP contribution in [0, 0.1) is 6.07 Å². The summed E-state index contributed by atoms with van der Waals surface area (Å²) in [5.74, 6) is 0.314. The van der Waals surface area contributed by atoms with Gasteiger partial charge in [0, 0.05) is 19.2 Å². The molecule has 1 aromatic rings. The molecule has 5 heteroatoms. The fourth-order valence-corrected chi connectivity index (χ4v) is 1.80. The largest absolute Gasteiger partial charge is 0.433 e. The second-order valence-electron chi connectivity index (χ2n) is 3.84. The monoisotopic (exact) mass is 229 g/mol. The van der Waals surface area contributed by atoms with Crippen molar-refractivity contribution in [2.24, 2.45) is 0 Å². The highest BCUT2D eigenvalue weighted by molar-refractivity contribution is 5.38. The molecule has 0 amide bonds. The van der Waals surface area contributed by atoms with E-state index in [1.165, 1.54) is 6.07 Å². The van der Waals surface area contributed by atoms with Gasteiger partial charge in [0.25, 0.3) is 0 Å². The molecule has 16 heavy (non-hydrogen) atoms. The molecule has 2 rings (SSSR count). The number of aromatic nitrogens is 1. The van der Waals surface area contributed by atoms with Crippen LogP contribution in [0.25, 0.3) is 0 Å². The summed E-state index contributed by atoms with van der Waals surface area (Å²) in [7, 11) is 0. The van der Waals surface area contributed by atoms with Crippen LogP contribution < -0.4 is 4.90 Å². The van der Waals surface area contributed by atoms with Crippen molar-refractivity contribution in [2.75, 3.05) is 18.0 Å². The van der Waals surface area contributed by atoms with Gasteiger partial charge in [-0.1, -0.05) is 0 Å². The van der Waals surface area contributed by atoms with Crippen molar-refractivity contribution in [2.45, 2.75) is 25.4 Å². The summed E-state index contributed by atoms with van der Waals surface area (Å²) in [5, 5.41) is 0. The third-order valence-electron chi connectivity index (χ3n) is 2.63. The van der Waals surface area contributed by atoms with Crippen molar-refractivity contribution < 1.29 is 13.2 Å². The molecule has 1 radical (unpaired) electrons. The number of hydrogen-bond donors (Lipinski definition) is 0. The molecule has 0 aliphatic carbocycles. The van der Waals surface area contributed by atoms with Crippen LogP contribution in [-0.4, -0.2) is 18.1 Å². The van der Waals surface area contributed by atoms with E-state index < -0.39 is 11.9 Å². The molecule has 1 aliphatic heterocycles. The number of halogens is 3. The molecule has 0 bridgehead atoms. The standard InChI is InChI=1S/C11H12F3N2/c12-11(13,14)9-5-4-6-10(15-9)16-7-2-1-3-8-16/h4-5H,1-3,7-8H2. The summed E-state index contributed by atoms with van der Waals surface area (Å²) in [6, 6.07) is 5.01. The van der Waals surface area contributed by atoms with Crippen molar-refractivity contribution in [1.29, 1.82) is 0 Å². The molecule has 1 aliphatic rings. The Kier molecular flexibility index (Phi) is 3.03. The zero-order valence-electron chi connectivity index (χ0n) is 8.72. The van der Waals surface area contributed by atoms with Crippen LogP contribution in [0.1, 0.15) is 25.0 Å². The van der Waals surface area contributed by atoms with Crippen LogP contribution in [0.4, 0.5) is 19.0 Å². The Morgan fingerprint density at radius 2 is 1.88 bits per heavy atom. The van der Waals surface area contributed by atoms with Gasteiger partial charge in [0.05, 0.1) is 0 Å². The lowest BCUT2D eigenvalue weighted by molar-refractivity contribution is -0.141. The third kappa shape index (κ3) is 2.46. The Hall–Kier alpha value is -1.26. The maximum Gasteiger partial charge on any atom is 0.433 e. The number of nitrogens with zero attached hydrogens (tertiary/aromatic N) is 2. The van der Waals surface area contributed by atoms with Crippen LogP contribution in [0.3, 0.4) is 0 Å². The van der Waals surface area contributed by atoms with Gasteiger partial charge in [-0.3, -0.25) is 0 Å². The molecule has 0 spiro atoms. The average molecular weight is 229 g/mol. The van der Waals surface area contributed by atoms with E-state index in [9.17, 15) is 13.2 Å².